The molecule has 3 rings (SSSR count). The maximum absolute atomic E-state index is 13.1. The number of rotatable bonds is 6. The summed E-state index contributed by atoms with van der Waals surface area (Å²) in [6.07, 6.45) is 3.63. The maximum atomic E-state index is 13.1. The first-order valence-electron chi connectivity index (χ1n) is 8.96. The van der Waals surface area contributed by atoms with Crippen LogP contribution in [-0.2, 0) is 16.6 Å². The summed E-state index contributed by atoms with van der Waals surface area (Å²) in [5, 5.41) is 9.42. The van der Waals surface area contributed by atoms with Crippen molar-refractivity contribution in [1.82, 2.24) is 19.1 Å². The number of benzene rings is 1. The van der Waals surface area contributed by atoms with Crippen LogP contribution in [0.5, 0.6) is 0 Å². The Morgan fingerprint density at radius 3 is 2.56 bits per heavy atom. The number of nitrogens with zero attached hydrogens (tertiary/aromatic N) is 4. The molecule has 1 aromatic carbocycles. The lowest BCUT2D eigenvalue weighted by atomic mass is 9.99. The number of ketones is 1. The van der Waals surface area contributed by atoms with Gasteiger partial charge in [0.2, 0.25) is 10.0 Å². The molecule has 1 aliphatic rings. The molecule has 0 unspecified atom stereocenters. The molecule has 0 bridgehead atoms. The number of hydrogen-bond acceptors (Lipinski definition) is 6. The van der Waals surface area contributed by atoms with Crippen LogP contribution >= 0.6 is 11.8 Å². The van der Waals surface area contributed by atoms with Crippen molar-refractivity contribution in [3.05, 3.63) is 35.7 Å². The smallest absolute Gasteiger partial charge is 0.243 e. The fourth-order valence-electron chi connectivity index (χ4n) is 3.43. The quantitative estimate of drug-likeness (QED) is 0.540. The number of carbonyl (C=O) groups excluding carboxylic acids is 1. The van der Waals surface area contributed by atoms with Crippen molar-refractivity contribution < 1.29 is 13.2 Å². The van der Waals surface area contributed by atoms with E-state index in [2.05, 4.69) is 14.8 Å². The zero-order chi connectivity index (χ0) is 19.6. The molecule has 0 radical (unpaired) electrons. The maximum Gasteiger partial charge on any atom is 0.243 e. The van der Waals surface area contributed by atoms with Gasteiger partial charge < -0.3 is 4.57 Å². The van der Waals surface area contributed by atoms with E-state index in [0.717, 1.165) is 30.4 Å². The normalized spacial score (nSPS) is 18.6. The predicted molar refractivity (Wildman–Crippen MR) is 105 cm³/mol. The van der Waals surface area contributed by atoms with Crippen LogP contribution in [0.15, 0.2) is 34.3 Å². The second-order valence-electron chi connectivity index (χ2n) is 6.57. The van der Waals surface area contributed by atoms with Crippen molar-refractivity contribution in [2.75, 3.05) is 19.3 Å². The van der Waals surface area contributed by atoms with Crippen LogP contribution in [0.1, 0.15) is 48.8 Å². The van der Waals surface area contributed by atoms with Crippen LogP contribution in [0, 0.1) is 0 Å². The summed E-state index contributed by atoms with van der Waals surface area (Å²) in [6, 6.07) is 6.15. The van der Waals surface area contributed by atoms with E-state index in [1.165, 1.54) is 23.4 Å². The van der Waals surface area contributed by atoms with Gasteiger partial charge in [0.15, 0.2) is 10.9 Å². The van der Waals surface area contributed by atoms with E-state index in [-0.39, 0.29) is 16.6 Å². The lowest BCUT2D eigenvalue weighted by Crippen LogP contribution is -2.39. The molecule has 146 valence electrons. The lowest BCUT2D eigenvalue weighted by molar-refractivity contribution is 0.101. The van der Waals surface area contributed by atoms with Crippen LogP contribution in [0.3, 0.4) is 0 Å². The van der Waals surface area contributed by atoms with Crippen LogP contribution in [-0.4, -0.2) is 52.6 Å². The van der Waals surface area contributed by atoms with E-state index >= 15 is 0 Å². The average Bonchev–Trinajstić information content (AvgIpc) is 3.11. The van der Waals surface area contributed by atoms with Crippen molar-refractivity contribution in [1.29, 1.82) is 0 Å². The second-order valence-corrected chi connectivity index (χ2v) is 9.28. The summed E-state index contributed by atoms with van der Waals surface area (Å²) in [5.41, 5.74) is 0.506. The van der Waals surface area contributed by atoms with Gasteiger partial charge in [-0.3, -0.25) is 4.79 Å². The molecule has 0 aliphatic carbocycles. The topological polar surface area (TPSA) is 85.2 Å². The van der Waals surface area contributed by atoms with Gasteiger partial charge in [-0.2, -0.15) is 4.31 Å². The highest BCUT2D eigenvalue weighted by Gasteiger charge is 2.33. The fourth-order valence-corrected chi connectivity index (χ4v) is 5.52. The number of Topliss-reactive ketones (excluding diaryl/α,β-unsaturated/α-hetero) is 1. The highest BCUT2D eigenvalue weighted by atomic mass is 32.2. The molecular weight excluding hydrogens is 384 g/mol. The molecule has 2 aromatic rings. The summed E-state index contributed by atoms with van der Waals surface area (Å²) in [6.45, 7) is 5.15. The van der Waals surface area contributed by atoms with Crippen LogP contribution in [0.2, 0.25) is 0 Å². The minimum Gasteiger partial charge on any atom is -0.306 e. The Bertz CT molecular complexity index is 923. The van der Waals surface area contributed by atoms with Crippen molar-refractivity contribution in [2.45, 2.75) is 49.2 Å². The summed E-state index contributed by atoms with van der Waals surface area (Å²) < 4.78 is 29.7. The third kappa shape index (κ3) is 3.95. The van der Waals surface area contributed by atoms with E-state index in [1.807, 2.05) is 13.2 Å². The average molecular weight is 409 g/mol. The summed E-state index contributed by atoms with van der Waals surface area (Å²) in [5.74, 6) is 0.799. The van der Waals surface area contributed by atoms with E-state index in [1.54, 1.807) is 23.9 Å². The zero-order valence-electron chi connectivity index (χ0n) is 15.8. The van der Waals surface area contributed by atoms with Crippen molar-refractivity contribution in [2.24, 2.45) is 0 Å². The highest BCUT2D eigenvalue weighted by Crippen LogP contribution is 2.31. The number of thioether (sulfide) groups is 1. The molecule has 27 heavy (non-hydrogen) atoms. The molecule has 1 aromatic heterocycles. The molecule has 0 N–H and O–H groups in total. The molecule has 0 amide bonds. The Morgan fingerprint density at radius 1 is 1.26 bits per heavy atom. The Hall–Kier alpha value is -1.71. The largest absolute Gasteiger partial charge is 0.306 e. The van der Waals surface area contributed by atoms with Crippen LogP contribution in [0.4, 0.5) is 0 Å². The van der Waals surface area contributed by atoms with Crippen molar-refractivity contribution >= 4 is 27.6 Å². The van der Waals surface area contributed by atoms with E-state index in [0.29, 0.717) is 18.7 Å². The first-order chi connectivity index (χ1) is 12.9. The molecule has 1 saturated heterocycles. The van der Waals surface area contributed by atoms with Crippen molar-refractivity contribution in [3.8, 4) is 0 Å². The first-order valence-corrected chi connectivity index (χ1v) is 11.6. The highest BCUT2D eigenvalue weighted by molar-refractivity contribution is 7.98. The molecule has 1 fully saturated rings. The third-order valence-corrected chi connectivity index (χ3v) is 7.44. The predicted octanol–water partition coefficient (Wildman–Crippen LogP) is 2.79. The molecule has 0 saturated carbocycles. The van der Waals surface area contributed by atoms with E-state index in [4.69, 9.17) is 0 Å². The molecule has 7 nitrogen and oxygen atoms in total. The Labute approximate surface area is 164 Å². The number of hydrogen-bond donors (Lipinski definition) is 0. The van der Waals surface area contributed by atoms with Gasteiger partial charge in [0.05, 0.1) is 4.90 Å². The monoisotopic (exact) mass is 408 g/mol. The number of piperidine rings is 1. The Balaban J connectivity index is 1.85. The van der Waals surface area contributed by atoms with Gasteiger partial charge in [-0.15, -0.1) is 10.2 Å². The number of aromatic nitrogens is 3. The van der Waals surface area contributed by atoms with E-state index in [9.17, 15) is 13.2 Å². The zero-order valence-corrected chi connectivity index (χ0v) is 17.4. The summed E-state index contributed by atoms with van der Waals surface area (Å²) in [4.78, 5) is 11.6. The third-order valence-electron chi connectivity index (χ3n) is 4.89. The van der Waals surface area contributed by atoms with Gasteiger partial charge in [-0.25, -0.2) is 8.42 Å². The van der Waals surface area contributed by atoms with E-state index < -0.39 is 10.0 Å². The molecule has 2 heterocycles. The number of sulfonamides is 1. The fraction of sp³-hybridized carbons (Fsp3) is 0.500. The minimum atomic E-state index is -3.60. The van der Waals surface area contributed by atoms with Crippen LogP contribution in [0.25, 0.3) is 0 Å². The Morgan fingerprint density at radius 2 is 1.96 bits per heavy atom. The van der Waals surface area contributed by atoms with Gasteiger partial charge in [-0.1, -0.05) is 23.9 Å². The van der Waals surface area contributed by atoms with Gasteiger partial charge in [0.1, 0.15) is 5.82 Å². The lowest BCUT2D eigenvalue weighted by Gasteiger charge is -2.31. The van der Waals surface area contributed by atoms with Gasteiger partial charge in [-0.05, 0) is 45.1 Å². The van der Waals surface area contributed by atoms with Crippen molar-refractivity contribution in [3.63, 3.8) is 0 Å². The summed E-state index contributed by atoms with van der Waals surface area (Å²) >= 11 is 1.54. The van der Waals surface area contributed by atoms with Gasteiger partial charge in [0.25, 0.3) is 0 Å². The SMILES string of the molecule is CCn1c(SC)nnc1[C@@H]1CCCN(S(=O)(=O)c2ccc(C(C)=O)cc2)C1. The molecule has 0 spiro atoms. The standard InChI is InChI=1S/C18H24N4O3S2/c1-4-22-17(19-20-18(22)26-3)15-6-5-11-21(12-15)27(24,25)16-9-7-14(8-10-16)13(2)23/h7-10,15H,4-6,11-12H2,1-3H3/t15-/m1/s1. The first kappa shape index (κ1) is 20.0. The minimum absolute atomic E-state index is 0.0263. The van der Waals surface area contributed by atoms with Gasteiger partial charge >= 0.3 is 0 Å². The molecule has 1 atom stereocenters. The summed E-state index contributed by atoms with van der Waals surface area (Å²) in [7, 11) is -3.60. The molecule has 9 heteroatoms. The van der Waals surface area contributed by atoms with Gasteiger partial charge in [0, 0.05) is 31.1 Å². The number of carbonyl (C=O) groups is 1. The molecule has 1 aliphatic heterocycles. The molecular formula is C18H24N4O3S2. The second kappa shape index (κ2) is 8.12. The van der Waals surface area contributed by atoms with Crippen LogP contribution < -0.4 is 0 Å². The Kier molecular flexibility index (Phi) is 6.02.